The minimum Gasteiger partial charge on any atom is -0.379 e. The van der Waals surface area contributed by atoms with Crippen LogP contribution in [-0.2, 0) is 4.74 Å². The van der Waals surface area contributed by atoms with E-state index >= 15 is 0 Å². The Kier molecular flexibility index (Phi) is 3.19. The lowest BCUT2D eigenvalue weighted by Crippen LogP contribution is -2.48. The maximum atomic E-state index is 5.37. The summed E-state index contributed by atoms with van der Waals surface area (Å²) in [5.41, 5.74) is 0. The molecule has 2 aliphatic heterocycles. The Bertz CT molecular complexity index is 157. The Morgan fingerprint density at radius 2 is 2.15 bits per heavy atom. The fourth-order valence-corrected chi connectivity index (χ4v) is 2.52. The number of nitrogens with one attached hydrogen (secondary N) is 1. The third kappa shape index (κ3) is 2.03. The molecular weight excluding hydrogens is 164 g/mol. The molecule has 0 aromatic rings. The standard InChI is InChI=1S/C10H20N2O/c1-2-9-10(3-4-11-9)12-5-7-13-8-6-12/h9-11H,2-8H2,1H3/t9-,10+/m1/s1. The van der Waals surface area contributed by atoms with Crippen molar-refractivity contribution in [3.8, 4) is 0 Å². The average molecular weight is 184 g/mol. The maximum absolute atomic E-state index is 5.37. The Labute approximate surface area is 80.4 Å². The molecule has 13 heavy (non-hydrogen) atoms. The van der Waals surface area contributed by atoms with Gasteiger partial charge in [-0.05, 0) is 19.4 Å². The van der Waals surface area contributed by atoms with Gasteiger partial charge in [-0.15, -0.1) is 0 Å². The van der Waals surface area contributed by atoms with Gasteiger partial charge in [0.15, 0.2) is 0 Å². The lowest BCUT2D eigenvalue weighted by atomic mass is 10.1. The van der Waals surface area contributed by atoms with Crippen LogP contribution >= 0.6 is 0 Å². The van der Waals surface area contributed by atoms with Gasteiger partial charge in [0.05, 0.1) is 13.2 Å². The second-order valence-corrected chi connectivity index (χ2v) is 3.97. The van der Waals surface area contributed by atoms with E-state index in [-0.39, 0.29) is 0 Å². The van der Waals surface area contributed by atoms with Gasteiger partial charge in [-0.25, -0.2) is 0 Å². The highest BCUT2D eigenvalue weighted by Crippen LogP contribution is 2.18. The molecule has 3 nitrogen and oxygen atoms in total. The molecule has 3 heteroatoms. The van der Waals surface area contributed by atoms with E-state index in [1.54, 1.807) is 0 Å². The van der Waals surface area contributed by atoms with E-state index in [2.05, 4.69) is 17.1 Å². The predicted molar refractivity (Wildman–Crippen MR) is 52.9 cm³/mol. The second kappa shape index (κ2) is 4.40. The molecular formula is C10H20N2O. The third-order valence-electron chi connectivity index (χ3n) is 3.27. The molecule has 76 valence electrons. The Morgan fingerprint density at radius 1 is 1.38 bits per heavy atom. The molecule has 2 saturated heterocycles. The van der Waals surface area contributed by atoms with Crippen LogP contribution in [0.15, 0.2) is 0 Å². The van der Waals surface area contributed by atoms with Crippen molar-refractivity contribution in [1.29, 1.82) is 0 Å². The van der Waals surface area contributed by atoms with E-state index in [4.69, 9.17) is 4.74 Å². The zero-order chi connectivity index (χ0) is 9.10. The monoisotopic (exact) mass is 184 g/mol. The SMILES string of the molecule is CC[C@H]1NCC[C@@H]1N1CCOCC1. The minimum absolute atomic E-state index is 0.720. The summed E-state index contributed by atoms with van der Waals surface area (Å²) in [5, 5.41) is 3.57. The van der Waals surface area contributed by atoms with E-state index in [9.17, 15) is 0 Å². The summed E-state index contributed by atoms with van der Waals surface area (Å²) in [7, 11) is 0. The Hall–Kier alpha value is -0.120. The molecule has 0 aliphatic carbocycles. The molecule has 0 spiro atoms. The van der Waals surface area contributed by atoms with E-state index in [0.717, 1.165) is 38.4 Å². The summed E-state index contributed by atoms with van der Waals surface area (Å²) >= 11 is 0. The summed E-state index contributed by atoms with van der Waals surface area (Å²) in [4.78, 5) is 2.59. The van der Waals surface area contributed by atoms with Crippen molar-refractivity contribution in [1.82, 2.24) is 10.2 Å². The molecule has 0 aromatic heterocycles. The van der Waals surface area contributed by atoms with Gasteiger partial charge in [-0.3, -0.25) is 4.90 Å². The van der Waals surface area contributed by atoms with Crippen LogP contribution in [0.3, 0.4) is 0 Å². The van der Waals surface area contributed by atoms with Crippen LogP contribution in [0.2, 0.25) is 0 Å². The Morgan fingerprint density at radius 3 is 2.85 bits per heavy atom. The lowest BCUT2D eigenvalue weighted by Gasteiger charge is -2.34. The third-order valence-corrected chi connectivity index (χ3v) is 3.27. The first kappa shape index (κ1) is 9.44. The quantitative estimate of drug-likeness (QED) is 0.675. The highest BCUT2D eigenvalue weighted by Gasteiger charge is 2.30. The molecule has 0 bridgehead atoms. The summed E-state index contributed by atoms with van der Waals surface area (Å²) in [6.45, 7) is 7.57. The summed E-state index contributed by atoms with van der Waals surface area (Å²) in [6, 6.07) is 1.49. The van der Waals surface area contributed by atoms with Crippen LogP contribution in [0.4, 0.5) is 0 Å². The van der Waals surface area contributed by atoms with Crippen molar-refractivity contribution in [2.45, 2.75) is 31.8 Å². The first-order valence-corrected chi connectivity index (χ1v) is 5.47. The van der Waals surface area contributed by atoms with Gasteiger partial charge in [0, 0.05) is 25.2 Å². The number of hydrogen-bond acceptors (Lipinski definition) is 3. The number of ether oxygens (including phenoxy) is 1. The van der Waals surface area contributed by atoms with Gasteiger partial charge in [-0.2, -0.15) is 0 Å². The van der Waals surface area contributed by atoms with Gasteiger partial charge in [0.1, 0.15) is 0 Å². The molecule has 2 fully saturated rings. The molecule has 0 unspecified atom stereocenters. The minimum atomic E-state index is 0.720. The van der Waals surface area contributed by atoms with E-state index in [0.29, 0.717) is 0 Å². The van der Waals surface area contributed by atoms with Gasteiger partial charge in [-0.1, -0.05) is 6.92 Å². The predicted octanol–water partition coefficient (Wildman–Crippen LogP) is 0.459. The van der Waals surface area contributed by atoms with Crippen molar-refractivity contribution in [3.05, 3.63) is 0 Å². The van der Waals surface area contributed by atoms with E-state index in [1.165, 1.54) is 19.4 Å². The van der Waals surface area contributed by atoms with Crippen molar-refractivity contribution in [3.63, 3.8) is 0 Å². The van der Waals surface area contributed by atoms with Crippen molar-refractivity contribution in [2.75, 3.05) is 32.8 Å². The normalized spacial score (nSPS) is 36.7. The maximum Gasteiger partial charge on any atom is 0.0594 e. The molecule has 0 saturated carbocycles. The van der Waals surface area contributed by atoms with Crippen LogP contribution < -0.4 is 5.32 Å². The van der Waals surface area contributed by atoms with Crippen molar-refractivity contribution >= 4 is 0 Å². The molecule has 0 radical (unpaired) electrons. The number of hydrogen-bond donors (Lipinski definition) is 1. The van der Waals surface area contributed by atoms with Crippen LogP contribution in [0.25, 0.3) is 0 Å². The van der Waals surface area contributed by atoms with Crippen molar-refractivity contribution < 1.29 is 4.74 Å². The molecule has 0 aromatic carbocycles. The molecule has 2 atom stereocenters. The second-order valence-electron chi connectivity index (χ2n) is 3.97. The van der Waals surface area contributed by atoms with Crippen LogP contribution in [-0.4, -0.2) is 49.8 Å². The highest BCUT2D eigenvalue weighted by molar-refractivity contribution is 4.90. The van der Waals surface area contributed by atoms with Gasteiger partial charge >= 0.3 is 0 Å². The van der Waals surface area contributed by atoms with Crippen molar-refractivity contribution in [2.24, 2.45) is 0 Å². The summed E-state index contributed by atoms with van der Waals surface area (Å²) in [6.07, 6.45) is 2.57. The van der Waals surface area contributed by atoms with E-state index < -0.39 is 0 Å². The number of nitrogens with zero attached hydrogens (tertiary/aromatic N) is 1. The topological polar surface area (TPSA) is 24.5 Å². The zero-order valence-electron chi connectivity index (χ0n) is 8.46. The smallest absolute Gasteiger partial charge is 0.0594 e. The molecule has 2 aliphatic rings. The summed E-state index contributed by atoms with van der Waals surface area (Å²) < 4.78 is 5.37. The average Bonchev–Trinajstić information content (AvgIpc) is 2.67. The zero-order valence-corrected chi connectivity index (χ0v) is 8.46. The fourth-order valence-electron chi connectivity index (χ4n) is 2.52. The van der Waals surface area contributed by atoms with Crippen LogP contribution in [0, 0.1) is 0 Å². The van der Waals surface area contributed by atoms with Gasteiger partial charge in [0.25, 0.3) is 0 Å². The summed E-state index contributed by atoms with van der Waals surface area (Å²) in [5.74, 6) is 0. The largest absolute Gasteiger partial charge is 0.379 e. The molecule has 0 amide bonds. The molecule has 1 N–H and O–H groups in total. The van der Waals surface area contributed by atoms with Gasteiger partial charge in [0.2, 0.25) is 0 Å². The number of morpholine rings is 1. The first-order valence-electron chi connectivity index (χ1n) is 5.47. The van der Waals surface area contributed by atoms with Crippen LogP contribution in [0.1, 0.15) is 19.8 Å². The highest BCUT2D eigenvalue weighted by atomic mass is 16.5. The van der Waals surface area contributed by atoms with E-state index in [1.807, 2.05) is 0 Å². The number of rotatable bonds is 2. The van der Waals surface area contributed by atoms with Gasteiger partial charge < -0.3 is 10.1 Å². The Balaban J connectivity index is 1.90. The molecule has 2 heterocycles. The fraction of sp³-hybridized carbons (Fsp3) is 1.00. The lowest BCUT2D eigenvalue weighted by molar-refractivity contribution is 0.0138. The first-order chi connectivity index (χ1) is 6.42. The molecule has 2 rings (SSSR count). The van der Waals surface area contributed by atoms with Crippen LogP contribution in [0.5, 0.6) is 0 Å².